The minimum absolute atomic E-state index is 0. The number of anilines is 1. The first-order valence-electron chi connectivity index (χ1n) is 4.59. The van der Waals surface area contributed by atoms with Gasteiger partial charge in [0.05, 0.1) is 0 Å². The molecule has 1 aliphatic rings. The average Bonchev–Trinajstić information content (AvgIpc) is 2.01. The van der Waals surface area contributed by atoms with Gasteiger partial charge in [-0.15, -0.1) is 12.4 Å². The lowest BCUT2D eigenvalue weighted by atomic mass is 9.82. The van der Waals surface area contributed by atoms with E-state index in [0.29, 0.717) is 5.41 Å². The van der Waals surface area contributed by atoms with Crippen LogP contribution >= 0.6 is 35.0 Å². The van der Waals surface area contributed by atoms with Gasteiger partial charge < -0.3 is 5.32 Å². The Morgan fingerprint density at radius 2 is 2.07 bits per heavy atom. The highest BCUT2D eigenvalue weighted by atomic mass is 127. The van der Waals surface area contributed by atoms with E-state index in [9.17, 15) is 0 Å². The van der Waals surface area contributed by atoms with E-state index in [2.05, 4.69) is 60.0 Å². The molecule has 0 saturated heterocycles. The van der Waals surface area contributed by atoms with Crippen LogP contribution in [0, 0.1) is 8.99 Å². The second-order valence-corrected chi connectivity index (χ2v) is 5.74. The Kier molecular flexibility index (Phi) is 3.69. The quantitative estimate of drug-likeness (QED) is 0.718. The third-order valence-electron chi connectivity index (χ3n) is 2.49. The normalized spacial score (nSPS) is 17.6. The van der Waals surface area contributed by atoms with Crippen molar-refractivity contribution in [3.05, 3.63) is 27.3 Å². The second-order valence-electron chi connectivity index (χ2n) is 4.50. The summed E-state index contributed by atoms with van der Waals surface area (Å²) in [6.07, 6.45) is 1.19. The summed E-state index contributed by atoms with van der Waals surface area (Å²) < 4.78 is 1.33. The maximum absolute atomic E-state index is 3.48. The van der Waals surface area contributed by atoms with E-state index in [0.717, 1.165) is 6.54 Å². The van der Waals surface area contributed by atoms with Crippen molar-refractivity contribution in [2.24, 2.45) is 5.41 Å². The third-order valence-corrected chi connectivity index (χ3v) is 3.16. The summed E-state index contributed by atoms with van der Waals surface area (Å²) in [7, 11) is 0. The average molecular weight is 324 g/mol. The summed E-state index contributed by atoms with van der Waals surface area (Å²) in [6.45, 7) is 5.70. The van der Waals surface area contributed by atoms with Crippen LogP contribution in [-0.4, -0.2) is 6.54 Å². The predicted molar refractivity (Wildman–Crippen MR) is 72.4 cm³/mol. The monoisotopic (exact) mass is 323 g/mol. The SMILES string of the molecule is CC1(C)CNc2ccc(I)cc2C1.Cl. The molecular weight excluding hydrogens is 308 g/mol. The van der Waals surface area contributed by atoms with Gasteiger partial charge in [0, 0.05) is 15.8 Å². The van der Waals surface area contributed by atoms with Crippen molar-refractivity contribution in [1.29, 1.82) is 0 Å². The van der Waals surface area contributed by atoms with Gasteiger partial charge in [-0.2, -0.15) is 0 Å². The van der Waals surface area contributed by atoms with E-state index in [-0.39, 0.29) is 12.4 Å². The number of hydrogen-bond acceptors (Lipinski definition) is 1. The Morgan fingerprint density at radius 1 is 1.36 bits per heavy atom. The lowest BCUT2D eigenvalue weighted by Gasteiger charge is -2.32. The summed E-state index contributed by atoms with van der Waals surface area (Å²) in [4.78, 5) is 0. The molecule has 0 fully saturated rings. The van der Waals surface area contributed by atoms with Crippen LogP contribution in [0.2, 0.25) is 0 Å². The van der Waals surface area contributed by atoms with Crippen molar-refractivity contribution < 1.29 is 0 Å². The van der Waals surface area contributed by atoms with Gasteiger partial charge in [0.1, 0.15) is 0 Å². The predicted octanol–water partition coefficient (Wildman–Crippen LogP) is 3.71. The first-order valence-corrected chi connectivity index (χ1v) is 5.67. The van der Waals surface area contributed by atoms with Crippen LogP contribution in [0.15, 0.2) is 18.2 Å². The summed E-state index contributed by atoms with van der Waals surface area (Å²) in [5.41, 5.74) is 3.18. The zero-order valence-electron chi connectivity index (χ0n) is 8.43. The zero-order chi connectivity index (χ0) is 9.47. The molecule has 1 N–H and O–H groups in total. The molecule has 14 heavy (non-hydrogen) atoms. The van der Waals surface area contributed by atoms with Gasteiger partial charge in [-0.3, -0.25) is 0 Å². The maximum atomic E-state index is 3.48. The number of fused-ring (bicyclic) bond motifs is 1. The first kappa shape index (κ1) is 12.1. The maximum Gasteiger partial charge on any atom is 0.0373 e. The van der Waals surface area contributed by atoms with Crippen LogP contribution in [0.1, 0.15) is 19.4 Å². The number of halogens is 2. The summed E-state index contributed by atoms with van der Waals surface area (Å²) >= 11 is 2.37. The summed E-state index contributed by atoms with van der Waals surface area (Å²) in [5, 5.41) is 3.48. The van der Waals surface area contributed by atoms with E-state index < -0.39 is 0 Å². The minimum atomic E-state index is 0. The largest absolute Gasteiger partial charge is 0.384 e. The molecule has 0 saturated carbocycles. The Balaban J connectivity index is 0.000000980. The lowest BCUT2D eigenvalue weighted by Crippen LogP contribution is -2.30. The second kappa shape index (κ2) is 4.27. The molecule has 0 aromatic heterocycles. The van der Waals surface area contributed by atoms with Gasteiger partial charge >= 0.3 is 0 Å². The van der Waals surface area contributed by atoms with Gasteiger partial charge in [-0.25, -0.2) is 0 Å². The molecule has 1 heterocycles. The van der Waals surface area contributed by atoms with Gasteiger partial charge in [0.15, 0.2) is 0 Å². The van der Waals surface area contributed by atoms with Crippen molar-refractivity contribution in [2.75, 3.05) is 11.9 Å². The molecule has 2 rings (SSSR count). The van der Waals surface area contributed by atoms with Crippen LogP contribution in [0.25, 0.3) is 0 Å². The molecule has 0 atom stereocenters. The van der Waals surface area contributed by atoms with E-state index in [1.165, 1.54) is 21.2 Å². The fourth-order valence-corrected chi connectivity index (χ4v) is 2.35. The molecule has 1 aromatic carbocycles. The molecular formula is C11H15ClIN. The molecule has 1 aliphatic heterocycles. The van der Waals surface area contributed by atoms with Crippen LogP contribution in [-0.2, 0) is 6.42 Å². The fraction of sp³-hybridized carbons (Fsp3) is 0.455. The highest BCUT2D eigenvalue weighted by Crippen LogP contribution is 2.32. The van der Waals surface area contributed by atoms with Crippen LogP contribution in [0.3, 0.4) is 0 Å². The van der Waals surface area contributed by atoms with E-state index in [4.69, 9.17) is 0 Å². The molecule has 1 aromatic rings. The third kappa shape index (κ3) is 2.54. The Bertz CT molecular complexity index is 336. The zero-order valence-corrected chi connectivity index (χ0v) is 11.4. The Morgan fingerprint density at radius 3 is 2.79 bits per heavy atom. The van der Waals surface area contributed by atoms with Gasteiger partial charge in [0.25, 0.3) is 0 Å². The molecule has 0 bridgehead atoms. The Hall–Kier alpha value is 0.0400. The van der Waals surface area contributed by atoms with Crippen LogP contribution in [0.5, 0.6) is 0 Å². The fourth-order valence-electron chi connectivity index (χ4n) is 1.79. The van der Waals surface area contributed by atoms with Gasteiger partial charge in [-0.1, -0.05) is 13.8 Å². The molecule has 0 spiro atoms. The lowest BCUT2D eigenvalue weighted by molar-refractivity contribution is 0.379. The molecule has 78 valence electrons. The van der Waals surface area contributed by atoms with Crippen molar-refractivity contribution in [2.45, 2.75) is 20.3 Å². The molecule has 3 heteroatoms. The van der Waals surface area contributed by atoms with Crippen molar-refractivity contribution in [3.63, 3.8) is 0 Å². The molecule has 0 amide bonds. The first-order chi connectivity index (χ1) is 6.07. The van der Waals surface area contributed by atoms with E-state index in [1.54, 1.807) is 0 Å². The van der Waals surface area contributed by atoms with Crippen molar-refractivity contribution >= 4 is 40.7 Å². The summed E-state index contributed by atoms with van der Waals surface area (Å²) in [6, 6.07) is 6.63. The number of hydrogen-bond donors (Lipinski definition) is 1. The molecule has 0 aliphatic carbocycles. The summed E-state index contributed by atoms with van der Waals surface area (Å²) in [5.74, 6) is 0. The van der Waals surface area contributed by atoms with Crippen molar-refractivity contribution in [3.8, 4) is 0 Å². The smallest absolute Gasteiger partial charge is 0.0373 e. The number of nitrogens with one attached hydrogen (secondary N) is 1. The molecule has 0 unspecified atom stereocenters. The minimum Gasteiger partial charge on any atom is -0.384 e. The molecule has 0 radical (unpaired) electrons. The standard InChI is InChI=1S/C11H14IN.ClH/c1-11(2)6-8-5-9(12)3-4-10(8)13-7-11;/h3-5,13H,6-7H2,1-2H3;1H. The van der Waals surface area contributed by atoms with Crippen LogP contribution in [0.4, 0.5) is 5.69 Å². The van der Waals surface area contributed by atoms with E-state index in [1.807, 2.05) is 0 Å². The van der Waals surface area contributed by atoms with E-state index >= 15 is 0 Å². The highest BCUT2D eigenvalue weighted by molar-refractivity contribution is 14.1. The highest BCUT2D eigenvalue weighted by Gasteiger charge is 2.24. The van der Waals surface area contributed by atoms with Crippen LogP contribution < -0.4 is 5.32 Å². The van der Waals surface area contributed by atoms with Crippen molar-refractivity contribution in [1.82, 2.24) is 0 Å². The topological polar surface area (TPSA) is 12.0 Å². The molecule has 1 nitrogen and oxygen atoms in total. The van der Waals surface area contributed by atoms with Gasteiger partial charge in [-0.05, 0) is 58.2 Å². The Labute approximate surface area is 105 Å². The van der Waals surface area contributed by atoms with Gasteiger partial charge in [0.2, 0.25) is 0 Å². The number of rotatable bonds is 0. The number of benzene rings is 1.